The van der Waals surface area contributed by atoms with Gasteiger partial charge in [-0.15, -0.1) is 0 Å². The summed E-state index contributed by atoms with van der Waals surface area (Å²) in [6, 6.07) is 1.66. The summed E-state index contributed by atoms with van der Waals surface area (Å²) < 4.78 is 4.97. The summed E-state index contributed by atoms with van der Waals surface area (Å²) in [6.45, 7) is 3.95. The predicted octanol–water partition coefficient (Wildman–Crippen LogP) is 1.43. The van der Waals surface area contributed by atoms with Gasteiger partial charge in [0.15, 0.2) is 5.82 Å². The van der Waals surface area contributed by atoms with E-state index in [0.29, 0.717) is 36.1 Å². The highest BCUT2D eigenvalue weighted by atomic mass is 16.5. The molecule has 0 saturated heterocycles. The first-order valence-corrected chi connectivity index (χ1v) is 5.80. The number of carbonyl (C=O) groups is 1. The first kappa shape index (κ1) is 13.0. The Morgan fingerprint density at radius 1 is 1.47 bits per heavy atom. The molecule has 0 radical (unpaired) electrons. The average Bonchev–Trinajstić information content (AvgIpc) is 2.74. The molecule has 2 rings (SSSR count). The lowest BCUT2D eigenvalue weighted by atomic mass is 10.1. The van der Waals surface area contributed by atoms with E-state index in [-0.39, 0.29) is 5.56 Å². The number of anilines is 1. The van der Waals surface area contributed by atoms with Crippen LogP contribution >= 0.6 is 0 Å². The molecule has 2 N–H and O–H groups in total. The van der Waals surface area contributed by atoms with Gasteiger partial charge in [-0.2, -0.15) is 4.98 Å². The molecule has 0 unspecified atom stereocenters. The van der Waals surface area contributed by atoms with E-state index in [0.717, 1.165) is 0 Å². The van der Waals surface area contributed by atoms with E-state index in [1.54, 1.807) is 26.1 Å². The van der Waals surface area contributed by atoms with Gasteiger partial charge in [-0.1, -0.05) is 5.16 Å². The average molecular weight is 262 g/mol. The molecule has 0 aliphatic carbocycles. The van der Waals surface area contributed by atoms with Crippen LogP contribution in [0.2, 0.25) is 0 Å². The third-order valence-electron chi connectivity index (χ3n) is 2.57. The number of pyridine rings is 1. The highest BCUT2D eigenvalue weighted by molar-refractivity contribution is 5.94. The largest absolute Gasteiger partial charge is 0.478 e. The smallest absolute Gasteiger partial charge is 0.339 e. The Labute approximate surface area is 109 Å². The van der Waals surface area contributed by atoms with Crippen LogP contribution in [0.5, 0.6) is 0 Å². The highest BCUT2D eigenvalue weighted by Gasteiger charge is 2.14. The molecule has 0 amide bonds. The second-order valence-electron chi connectivity index (χ2n) is 4.07. The fraction of sp³-hybridized carbons (Fsp3) is 0.333. The van der Waals surface area contributed by atoms with Gasteiger partial charge < -0.3 is 14.9 Å². The van der Waals surface area contributed by atoms with E-state index < -0.39 is 5.97 Å². The number of rotatable bonds is 5. The molecule has 0 fully saturated rings. The second-order valence-corrected chi connectivity index (χ2v) is 4.07. The lowest BCUT2D eigenvalue weighted by molar-refractivity contribution is 0.0697. The minimum Gasteiger partial charge on any atom is -0.478 e. The molecule has 7 heteroatoms. The molecule has 2 aromatic heterocycles. The Hall–Kier alpha value is -2.44. The van der Waals surface area contributed by atoms with Crippen LogP contribution in [0.1, 0.15) is 27.6 Å². The molecule has 100 valence electrons. The van der Waals surface area contributed by atoms with Crippen LogP contribution in [0, 0.1) is 13.8 Å². The van der Waals surface area contributed by atoms with Crippen LogP contribution in [-0.4, -0.2) is 32.7 Å². The number of aryl methyl sites for hydroxylation is 2. The molecular weight excluding hydrogens is 248 g/mol. The molecule has 0 aliphatic rings. The Balaban J connectivity index is 2.03. The zero-order valence-electron chi connectivity index (χ0n) is 10.7. The summed E-state index contributed by atoms with van der Waals surface area (Å²) in [5.41, 5.74) is 0.850. The summed E-state index contributed by atoms with van der Waals surface area (Å²) in [7, 11) is 0. The monoisotopic (exact) mass is 262 g/mol. The molecule has 0 aliphatic heterocycles. The molecule has 0 bridgehead atoms. The Morgan fingerprint density at radius 2 is 2.26 bits per heavy atom. The van der Waals surface area contributed by atoms with Crippen LogP contribution in [-0.2, 0) is 6.42 Å². The van der Waals surface area contributed by atoms with E-state index in [2.05, 4.69) is 20.4 Å². The van der Waals surface area contributed by atoms with Crippen molar-refractivity contribution in [2.24, 2.45) is 0 Å². The van der Waals surface area contributed by atoms with Gasteiger partial charge in [0.05, 0.1) is 0 Å². The number of carboxylic acids is 1. The van der Waals surface area contributed by atoms with E-state index in [1.807, 2.05) is 0 Å². The fourth-order valence-corrected chi connectivity index (χ4v) is 1.69. The van der Waals surface area contributed by atoms with Crippen LogP contribution < -0.4 is 5.32 Å². The van der Waals surface area contributed by atoms with Gasteiger partial charge in [0, 0.05) is 19.2 Å². The maximum absolute atomic E-state index is 11.2. The molecule has 0 spiro atoms. The zero-order chi connectivity index (χ0) is 13.8. The molecular formula is C12H14N4O3. The van der Waals surface area contributed by atoms with Gasteiger partial charge in [-0.25, -0.2) is 9.78 Å². The molecule has 0 saturated carbocycles. The summed E-state index contributed by atoms with van der Waals surface area (Å²) >= 11 is 0. The Kier molecular flexibility index (Phi) is 3.74. The second kappa shape index (κ2) is 5.47. The van der Waals surface area contributed by atoms with E-state index >= 15 is 0 Å². The van der Waals surface area contributed by atoms with Gasteiger partial charge in [0.25, 0.3) is 0 Å². The number of nitrogens with one attached hydrogen (secondary N) is 1. The van der Waals surface area contributed by atoms with Crippen molar-refractivity contribution in [2.75, 3.05) is 11.9 Å². The van der Waals surface area contributed by atoms with Crippen LogP contribution in [0.15, 0.2) is 16.8 Å². The summed E-state index contributed by atoms with van der Waals surface area (Å²) in [5.74, 6) is 0.440. The zero-order valence-corrected chi connectivity index (χ0v) is 10.7. The first-order chi connectivity index (χ1) is 9.08. The van der Waals surface area contributed by atoms with Gasteiger partial charge in [-0.05, 0) is 25.5 Å². The van der Waals surface area contributed by atoms with Gasteiger partial charge in [0.1, 0.15) is 11.4 Å². The van der Waals surface area contributed by atoms with Crippen molar-refractivity contribution in [3.63, 3.8) is 0 Å². The van der Waals surface area contributed by atoms with Crippen LogP contribution in [0.25, 0.3) is 0 Å². The van der Waals surface area contributed by atoms with Crippen molar-refractivity contribution in [3.05, 3.63) is 35.1 Å². The lowest BCUT2D eigenvalue weighted by Gasteiger charge is -2.09. The van der Waals surface area contributed by atoms with Crippen molar-refractivity contribution in [1.82, 2.24) is 15.1 Å². The minimum absolute atomic E-state index is 0.184. The lowest BCUT2D eigenvalue weighted by Crippen LogP contribution is -2.12. The fourth-order valence-electron chi connectivity index (χ4n) is 1.69. The van der Waals surface area contributed by atoms with Crippen molar-refractivity contribution in [2.45, 2.75) is 20.3 Å². The maximum atomic E-state index is 11.2. The van der Waals surface area contributed by atoms with Crippen molar-refractivity contribution in [3.8, 4) is 0 Å². The molecule has 0 aromatic carbocycles. The number of hydrogen-bond acceptors (Lipinski definition) is 6. The SMILES string of the molecule is Cc1noc(CCNc2nccc(C)c2C(=O)O)n1. The number of hydrogen-bond donors (Lipinski definition) is 2. The van der Waals surface area contributed by atoms with Gasteiger partial charge >= 0.3 is 5.97 Å². The van der Waals surface area contributed by atoms with Crippen molar-refractivity contribution < 1.29 is 14.4 Å². The maximum Gasteiger partial charge on any atom is 0.339 e. The Bertz CT molecular complexity index is 594. The third kappa shape index (κ3) is 3.06. The Morgan fingerprint density at radius 3 is 2.89 bits per heavy atom. The minimum atomic E-state index is -0.998. The molecule has 2 aromatic rings. The van der Waals surface area contributed by atoms with Gasteiger partial charge in [0.2, 0.25) is 5.89 Å². The molecule has 7 nitrogen and oxygen atoms in total. The predicted molar refractivity (Wildman–Crippen MR) is 67.2 cm³/mol. The summed E-state index contributed by atoms with van der Waals surface area (Å²) in [6.07, 6.45) is 2.08. The standard InChI is InChI=1S/C12H14N4O3/c1-7-3-5-13-11(10(7)12(17)18)14-6-4-9-15-8(2)16-19-9/h3,5H,4,6H2,1-2H3,(H,13,14)(H,17,18). The van der Waals surface area contributed by atoms with E-state index in [4.69, 9.17) is 9.63 Å². The van der Waals surface area contributed by atoms with E-state index in [9.17, 15) is 4.79 Å². The normalized spacial score (nSPS) is 10.4. The number of carboxylic acid groups (broad SMARTS) is 1. The van der Waals surface area contributed by atoms with Gasteiger partial charge in [-0.3, -0.25) is 0 Å². The van der Waals surface area contributed by atoms with E-state index in [1.165, 1.54) is 0 Å². The molecule has 0 atom stereocenters. The highest BCUT2D eigenvalue weighted by Crippen LogP contribution is 2.16. The van der Waals surface area contributed by atoms with Crippen LogP contribution in [0.4, 0.5) is 5.82 Å². The first-order valence-electron chi connectivity index (χ1n) is 5.80. The van der Waals surface area contributed by atoms with Crippen molar-refractivity contribution in [1.29, 1.82) is 0 Å². The third-order valence-corrected chi connectivity index (χ3v) is 2.57. The molecule has 2 heterocycles. The summed E-state index contributed by atoms with van der Waals surface area (Å²) in [5, 5.41) is 15.8. The summed E-state index contributed by atoms with van der Waals surface area (Å²) in [4.78, 5) is 19.3. The molecule has 19 heavy (non-hydrogen) atoms. The quantitative estimate of drug-likeness (QED) is 0.840. The van der Waals surface area contributed by atoms with Crippen molar-refractivity contribution >= 4 is 11.8 Å². The topological polar surface area (TPSA) is 101 Å². The number of aromatic nitrogens is 3. The number of nitrogens with zero attached hydrogens (tertiary/aromatic N) is 3. The van der Waals surface area contributed by atoms with Crippen LogP contribution in [0.3, 0.4) is 0 Å². The number of aromatic carboxylic acids is 1.